The molecule has 3 unspecified atom stereocenters. The van der Waals surface area contributed by atoms with Crippen molar-refractivity contribution < 1.29 is 0 Å². The van der Waals surface area contributed by atoms with Crippen molar-refractivity contribution in [2.24, 2.45) is 0 Å². The lowest BCUT2D eigenvalue weighted by Gasteiger charge is -2.52. The summed E-state index contributed by atoms with van der Waals surface area (Å²) in [6, 6.07) is 71.0. The fraction of sp³-hybridized carbons (Fsp3) is 0.0741. The smallest absolute Gasteiger partial charge is 0.247 e. The van der Waals surface area contributed by atoms with Crippen molar-refractivity contribution in [3.8, 4) is 0 Å². The van der Waals surface area contributed by atoms with Crippen molar-refractivity contribution in [1.29, 1.82) is 0 Å². The monoisotopic (exact) mass is 756 g/mol. The molecule has 0 spiro atoms. The van der Waals surface area contributed by atoms with Gasteiger partial charge in [-0.15, -0.1) is 0 Å². The first-order valence-electron chi connectivity index (χ1n) is 20.8. The van der Waals surface area contributed by atoms with Crippen LogP contribution in [0.1, 0.15) is 17.9 Å². The largest absolute Gasteiger partial charge is 0.335 e. The third kappa shape index (κ3) is 5.24. The summed E-state index contributed by atoms with van der Waals surface area (Å²) in [5.41, 5.74) is 17.8. The number of hydrogen-bond acceptors (Lipinski definition) is 4. The second-order valence-electron chi connectivity index (χ2n) is 16.0. The zero-order chi connectivity index (χ0) is 38.9. The van der Waals surface area contributed by atoms with Gasteiger partial charge in [0.15, 0.2) is 0 Å². The Labute approximate surface area is 346 Å². The van der Waals surface area contributed by atoms with Gasteiger partial charge in [-0.2, -0.15) is 0 Å². The second kappa shape index (κ2) is 13.7. The summed E-state index contributed by atoms with van der Waals surface area (Å²) in [6.07, 6.45) is 11.0. The number of para-hydroxylation sites is 6. The summed E-state index contributed by atoms with van der Waals surface area (Å²) >= 11 is 0. The Kier molecular flexibility index (Phi) is 7.87. The highest BCUT2D eigenvalue weighted by Gasteiger charge is 2.52. The molecule has 0 bridgehead atoms. The predicted octanol–water partition coefficient (Wildman–Crippen LogP) is 12.3. The first-order chi connectivity index (χ1) is 29.3. The van der Waals surface area contributed by atoms with Crippen molar-refractivity contribution >= 4 is 57.7 Å². The van der Waals surface area contributed by atoms with Gasteiger partial charge < -0.3 is 19.6 Å². The van der Waals surface area contributed by atoms with Crippen LogP contribution >= 0.6 is 0 Å². The van der Waals surface area contributed by atoms with Gasteiger partial charge in [-0.05, 0) is 114 Å². The molecule has 0 saturated carbocycles. The number of allylic oxidation sites excluding steroid dienone is 2. The van der Waals surface area contributed by atoms with Crippen LogP contribution < -0.4 is 25.1 Å². The van der Waals surface area contributed by atoms with Crippen LogP contribution in [0.15, 0.2) is 241 Å². The van der Waals surface area contributed by atoms with E-state index < -0.39 is 0 Å². The maximum atomic E-state index is 2.67. The SMILES string of the molecule is C1=CC2=C3B(C4=CC5c6c(N(c7ccccc7)c7ccccc7)cccc6N(c6ccccc6)C5C=C4N2c2ccccc2)c2ccccc2N(c2ccccc2)C3C1. The Hall–Kier alpha value is -7.24. The first-order valence-corrected chi connectivity index (χ1v) is 20.8. The van der Waals surface area contributed by atoms with E-state index in [0.717, 1.165) is 17.8 Å². The maximum Gasteiger partial charge on any atom is 0.247 e. The van der Waals surface area contributed by atoms with E-state index in [1.165, 1.54) is 67.5 Å². The summed E-state index contributed by atoms with van der Waals surface area (Å²) in [5, 5.41) is 0. The molecular weight excluding hydrogens is 715 g/mol. The van der Waals surface area contributed by atoms with E-state index in [0.29, 0.717) is 0 Å². The summed E-state index contributed by atoms with van der Waals surface area (Å²) in [4.78, 5) is 10.2. The molecule has 0 saturated heterocycles. The van der Waals surface area contributed by atoms with Crippen LogP contribution in [0.25, 0.3) is 0 Å². The van der Waals surface area contributed by atoms with Gasteiger partial charge in [0, 0.05) is 62.7 Å². The fourth-order valence-corrected chi connectivity index (χ4v) is 10.6. The molecule has 0 amide bonds. The number of nitrogens with zero attached hydrogens (tertiary/aromatic N) is 4. The number of hydrogen-bond donors (Lipinski definition) is 0. The highest BCUT2D eigenvalue weighted by molar-refractivity contribution is 6.89. The number of anilines is 8. The highest BCUT2D eigenvalue weighted by Crippen LogP contribution is 2.57. The zero-order valence-electron chi connectivity index (χ0n) is 32.6. The van der Waals surface area contributed by atoms with Crippen molar-refractivity contribution in [2.45, 2.75) is 24.4 Å². The molecule has 5 heteroatoms. The van der Waals surface area contributed by atoms with Crippen LogP contribution in [0.3, 0.4) is 0 Å². The minimum Gasteiger partial charge on any atom is -0.335 e. The molecular formula is C54H41BN4. The third-order valence-electron chi connectivity index (χ3n) is 12.9. The van der Waals surface area contributed by atoms with Crippen LogP contribution in [-0.4, -0.2) is 18.8 Å². The van der Waals surface area contributed by atoms with Crippen molar-refractivity contribution in [3.63, 3.8) is 0 Å². The molecule has 59 heavy (non-hydrogen) atoms. The Bertz CT molecular complexity index is 2800. The lowest BCUT2D eigenvalue weighted by Crippen LogP contribution is -2.58. The summed E-state index contributed by atoms with van der Waals surface area (Å²) in [6.45, 7) is 0.101. The van der Waals surface area contributed by atoms with Crippen LogP contribution in [0.4, 0.5) is 45.5 Å². The normalized spacial score (nSPS) is 19.6. The Morgan fingerprint density at radius 1 is 0.508 bits per heavy atom. The van der Waals surface area contributed by atoms with Gasteiger partial charge in [0.2, 0.25) is 6.71 Å². The third-order valence-corrected chi connectivity index (χ3v) is 12.9. The molecule has 4 nitrogen and oxygen atoms in total. The van der Waals surface area contributed by atoms with Crippen molar-refractivity contribution in [1.82, 2.24) is 0 Å². The lowest BCUT2D eigenvalue weighted by atomic mass is 9.30. The minimum atomic E-state index is 0.0390. The molecule has 0 N–H and O–H groups in total. The summed E-state index contributed by atoms with van der Waals surface area (Å²) in [7, 11) is 0. The average molecular weight is 757 g/mol. The molecule has 0 aromatic heterocycles. The van der Waals surface area contributed by atoms with Crippen molar-refractivity contribution in [2.75, 3.05) is 19.6 Å². The Morgan fingerprint density at radius 2 is 1.07 bits per heavy atom. The molecule has 3 aliphatic heterocycles. The molecule has 280 valence electrons. The van der Waals surface area contributed by atoms with E-state index in [1.807, 2.05) is 0 Å². The minimum absolute atomic E-state index is 0.0390. The molecule has 7 aromatic carbocycles. The second-order valence-corrected chi connectivity index (χ2v) is 16.0. The van der Waals surface area contributed by atoms with Gasteiger partial charge in [0.25, 0.3) is 0 Å². The molecule has 3 atom stereocenters. The van der Waals surface area contributed by atoms with E-state index in [9.17, 15) is 0 Å². The Balaban J connectivity index is 1.14. The van der Waals surface area contributed by atoms with E-state index >= 15 is 0 Å². The van der Waals surface area contributed by atoms with E-state index in [2.05, 4.69) is 238 Å². The summed E-state index contributed by atoms with van der Waals surface area (Å²) in [5.74, 6) is 0.0757. The van der Waals surface area contributed by atoms with E-state index in [4.69, 9.17) is 0 Å². The topological polar surface area (TPSA) is 13.0 Å². The van der Waals surface area contributed by atoms with Crippen LogP contribution in [0.5, 0.6) is 0 Å². The van der Waals surface area contributed by atoms with Gasteiger partial charge in [-0.1, -0.05) is 127 Å². The standard InChI is InChI=1S/C54H41BN4/c1-6-20-38(21-7-1)56(39-22-8-2-9-23-39)47-32-18-33-48-53(47)43-36-45-52(37-51(43)58(48)41-26-12-4-13-27-41)59(42-28-14-5-15-29-42)50-35-19-34-49-54(50)55(45)44-30-16-17-31-46(44)57(49)40-24-10-3-11-25-40/h1-33,35-37,43,49,51H,34H2. The van der Waals surface area contributed by atoms with Crippen LogP contribution in [0.2, 0.25) is 0 Å². The number of rotatable bonds is 6. The van der Waals surface area contributed by atoms with Gasteiger partial charge in [0.05, 0.1) is 17.8 Å². The van der Waals surface area contributed by atoms with Crippen molar-refractivity contribution in [3.05, 3.63) is 246 Å². The van der Waals surface area contributed by atoms with Gasteiger partial charge in [0.1, 0.15) is 0 Å². The molecule has 3 heterocycles. The average Bonchev–Trinajstić information content (AvgIpc) is 3.64. The molecule has 0 fully saturated rings. The van der Waals surface area contributed by atoms with E-state index in [-0.39, 0.29) is 24.7 Å². The van der Waals surface area contributed by atoms with Gasteiger partial charge >= 0.3 is 0 Å². The fourth-order valence-electron chi connectivity index (χ4n) is 10.6. The van der Waals surface area contributed by atoms with Crippen LogP contribution in [-0.2, 0) is 0 Å². The van der Waals surface area contributed by atoms with Gasteiger partial charge in [-0.3, -0.25) is 0 Å². The molecule has 0 radical (unpaired) electrons. The quantitative estimate of drug-likeness (QED) is 0.157. The number of benzene rings is 7. The van der Waals surface area contributed by atoms with Crippen LogP contribution in [0, 0.1) is 0 Å². The zero-order valence-corrected chi connectivity index (χ0v) is 32.6. The summed E-state index contributed by atoms with van der Waals surface area (Å²) < 4.78 is 0. The maximum absolute atomic E-state index is 2.67. The number of fused-ring (bicyclic) bond motifs is 7. The Morgan fingerprint density at radius 3 is 1.73 bits per heavy atom. The van der Waals surface area contributed by atoms with Gasteiger partial charge in [-0.25, -0.2) is 0 Å². The highest BCUT2D eigenvalue weighted by atomic mass is 15.2. The molecule has 5 aliphatic rings. The molecule has 12 rings (SSSR count). The lowest BCUT2D eigenvalue weighted by molar-refractivity contribution is 0.719. The first kappa shape index (κ1) is 33.9. The molecule has 2 aliphatic carbocycles. The molecule has 7 aromatic rings. The predicted molar refractivity (Wildman–Crippen MR) is 246 cm³/mol. The van der Waals surface area contributed by atoms with E-state index in [1.54, 1.807) is 0 Å².